The highest BCUT2D eigenvalue weighted by Crippen LogP contribution is 2.40. The number of aliphatic hydroxyl groups excluding tert-OH is 1. The van der Waals surface area contributed by atoms with Crippen LogP contribution >= 0.6 is 11.3 Å². The minimum absolute atomic E-state index is 0.0529. The lowest BCUT2D eigenvalue weighted by molar-refractivity contribution is -0.130. The standard InChI is InChI=1S/C21H17NO4S/c1-13-9-10-16(26-13)19(23)17-18(14-6-3-2-4-7-14)22(21(25)20(17)24)12-15-8-5-11-27-15/h2-11,18,24H,12H2,1H3. The second-order valence-electron chi connectivity index (χ2n) is 6.33. The van der Waals surface area contributed by atoms with Gasteiger partial charge >= 0.3 is 0 Å². The largest absolute Gasteiger partial charge is 0.503 e. The van der Waals surface area contributed by atoms with E-state index in [9.17, 15) is 14.7 Å². The lowest BCUT2D eigenvalue weighted by Gasteiger charge is -2.26. The topological polar surface area (TPSA) is 70.8 Å². The summed E-state index contributed by atoms with van der Waals surface area (Å²) in [6.45, 7) is 2.05. The third-order valence-corrected chi connectivity index (χ3v) is 5.40. The summed E-state index contributed by atoms with van der Waals surface area (Å²) >= 11 is 1.52. The number of Topliss-reactive ketones (excluding diaryl/α,β-unsaturated/α-hetero) is 1. The van der Waals surface area contributed by atoms with Gasteiger partial charge in [0, 0.05) is 4.88 Å². The van der Waals surface area contributed by atoms with E-state index in [0.29, 0.717) is 12.3 Å². The molecule has 1 amide bonds. The Bertz CT molecular complexity index is 1020. The van der Waals surface area contributed by atoms with E-state index in [1.165, 1.54) is 16.2 Å². The van der Waals surface area contributed by atoms with Gasteiger partial charge in [-0.15, -0.1) is 11.3 Å². The SMILES string of the molecule is Cc1ccc(C(=O)C2=C(O)C(=O)N(Cc3cccs3)C2c2ccccc2)o1. The Balaban J connectivity index is 1.79. The summed E-state index contributed by atoms with van der Waals surface area (Å²) in [4.78, 5) is 28.4. The molecular formula is C21H17NO4S. The molecule has 0 spiro atoms. The van der Waals surface area contributed by atoms with E-state index in [1.807, 2.05) is 47.8 Å². The summed E-state index contributed by atoms with van der Waals surface area (Å²) in [5.41, 5.74) is 0.815. The number of hydrogen-bond donors (Lipinski definition) is 1. The molecule has 0 saturated carbocycles. The number of rotatable bonds is 5. The second-order valence-corrected chi connectivity index (χ2v) is 7.36. The van der Waals surface area contributed by atoms with Crippen molar-refractivity contribution in [1.82, 2.24) is 4.90 Å². The number of furan rings is 1. The monoisotopic (exact) mass is 379 g/mol. The summed E-state index contributed by atoms with van der Waals surface area (Å²) < 4.78 is 5.44. The van der Waals surface area contributed by atoms with Crippen LogP contribution in [0.25, 0.3) is 0 Å². The minimum atomic E-state index is -0.668. The smallest absolute Gasteiger partial charge is 0.290 e. The number of aliphatic hydroxyl groups is 1. The summed E-state index contributed by atoms with van der Waals surface area (Å²) in [5.74, 6) is -0.838. The Morgan fingerprint density at radius 2 is 1.93 bits per heavy atom. The number of hydrogen-bond acceptors (Lipinski definition) is 5. The molecular weight excluding hydrogens is 362 g/mol. The molecule has 0 fully saturated rings. The molecule has 1 aliphatic rings. The van der Waals surface area contributed by atoms with Gasteiger partial charge in [-0.2, -0.15) is 0 Å². The van der Waals surface area contributed by atoms with Gasteiger partial charge < -0.3 is 14.4 Å². The highest BCUT2D eigenvalue weighted by Gasteiger charge is 2.44. The van der Waals surface area contributed by atoms with Gasteiger partial charge in [-0.1, -0.05) is 36.4 Å². The van der Waals surface area contributed by atoms with E-state index in [-0.39, 0.29) is 11.3 Å². The first-order chi connectivity index (χ1) is 13.1. The molecule has 0 radical (unpaired) electrons. The molecule has 5 nitrogen and oxygen atoms in total. The zero-order valence-electron chi connectivity index (χ0n) is 14.6. The summed E-state index contributed by atoms with van der Waals surface area (Å²) in [5, 5.41) is 12.5. The third kappa shape index (κ3) is 3.08. The van der Waals surface area contributed by atoms with E-state index >= 15 is 0 Å². The first kappa shape index (κ1) is 17.3. The number of carbonyl (C=O) groups excluding carboxylic acids is 2. The Morgan fingerprint density at radius 1 is 1.15 bits per heavy atom. The van der Waals surface area contributed by atoms with Gasteiger partial charge in [0.2, 0.25) is 5.78 Å². The molecule has 27 heavy (non-hydrogen) atoms. The van der Waals surface area contributed by atoms with Crippen LogP contribution < -0.4 is 0 Å². The second kappa shape index (κ2) is 6.89. The summed E-state index contributed by atoms with van der Waals surface area (Å²) in [6, 6.07) is 15.7. The zero-order chi connectivity index (χ0) is 19.0. The number of benzene rings is 1. The van der Waals surface area contributed by atoms with Crippen molar-refractivity contribution in [3.63, 3.8) is 0 Å². The van der Waals surface area contributed by atoms with Crippen LogP contribution in [0.5, 0.6) is 0 Å². The van der Waals surface area contributed by atoms with Gasteiger partial charge in [-0.05, 0) is 36.1 Å². The molecule has 0 saturated heterocycles. The summed E-state index contributed by atoms with van der Waals surface area (Å²) in [7, 11) is 0. The average Bonchev–Trinajstić information content (AvgIpc) is 3.39. The number of ketones is 1. The Morgan fingerprint density at radius 3 is 2.56 bits per heavy atom. The van der Waals surface area contributed by atoms with Crippen molar-refractivity contribution in [1.29, 1.82) is 0 Å². The van der Waals surface area contributed by atoms with E-state index in [4.69, 9.17) is 4.42 Å². The van der Waals surface area contributed by atoms with Gasteiger partial charge in [0.15, 0.2) is 11.5 Å². The van der Waals surface area contributed by atoms with Gasteiger partial charge in [-0.3, -0.25) is 9.59 Å². The van der Waals surface area contributed by atoms with E-state index < -0.39 is 23.5 Å². The molecule has 0 aliphatic carbocycles. The van der Waals surface area contributed by atoms with Gasteiger partial charge in [0.25, 0.3) is 5.91 Å². The van der Waals surface area contributed by atoms with Crippen molar-refractivity contribution in [2.45, 2.75) is 19.5 Å². The lowest BCUT2D eigenvalue weighted by Crippen LogP contribution is -2.30. The van der Waals surface area contributed by atoms with Crippen LogP contribution in [-0.4, -0.2) is 21.7 Å². The fourth-order valence-electron chi connectivity index (χ4n) is 3.29. The van der Waals surface area contributed by atoms with Gasteiger partial charge in [-0.25, -0.2) is 0 Å². The summed E-state index contributed by atoms with van der Waals surface area (Å²) in [6.07, 6.45) is 0. The van der Waals surface area contributed by atoms with Crippen molar-refractivity contribution in [3.8, 4) is 0 Å². The molecule has 3 aromatic rings. The Labute approximate surface area is 160 Å². The molecule has 2 aromatic heterocycles. The average molecular weight is 379 g/mol. The number of nitrogens with zero attached hydrogens (tertiary/aromatic N) is 1. The third-order valence-electron chi connectivity index (χ3n) is 4.53. The fourth-order valence-corrected chi connectivity index (χ4v) is 3.99. The van der Waals surface area contributed by atoms with E-state index in [2.05, 4.69) is 0 Å². The van der Waals surface area contributed by atoms with E-state index in [0.717, 1.165) is 10.4 Å². The molecule has 4 rings (SSSR count). The predicted molar refractivity (Wildman–Crippen MR) is 101 cm³/mol. The van der Waals surface area contributed by atoms with Crippen LogP contribution in [0.2, 0.25) is 0 Å². The van der Waals surface area contributed by atoms with Crippen molar-refractivity contribution < 1.29 is 19.1 Å². The molecule has 136 valence electrons. The van der Waals surface area contributed by atoms with Crippen molar-refractivity contribution in [2.24, 2.45) is 0 Å². The number of carbonyl (C=O) groups is 2. The highest BCUT2D eigenvalue weighted by molar-refractivity contribution is 7.09. The fraction of sp³-hybridized carbons (Fsp3) is 0.143. The molecule has 0 bridgehead atoms. The predicted octanol–water partition coefficient (Wildman–Crippen LogP) is 4.43. The maximum absolute atomic E-state index is 13.1. The molecule has 1 atom stereocenters. The molecule has 1 unspecified atom stereocenters. The van der Waals surface area contributed by atoms with Gasteiger partial charge in [0.05, 0.1) is 18.2 Å². The molecule has 3 heterocycles. The first-order valence-corrected chi connectivity index (χ1v) is 9.37. The highest BCUT2D eigenvalue weighted by atomic mass is 32.1. The normalized spacial score (nSPS) is 17.0. The van der Waals surface area contributed by atoms with Gasteiger partial charge in [0.1, 0.15) is 5.76 Å². The van der Waals surface area contributed by atoms with Crippen LogP contribution in [0.4, 0.5) is 0 Å². The van der Waals surface area contributed by atoms with Crippen LogP contribution in [-0.2, 0) is 11.3 Å². The molecule has 1 N–H and O–H groups in total. The van der Waals surface area contributed by atoms with E-state index in [1.54, 1.807) is 19.1 Å². The maximum atomic E-state index is 13.1. The Hall–Kier alpha value is -3.12. The Kier molecular flexibility index (Phi) is 4.41. The molecule has 6 heteroatoms. The lowest BCUT2D eigenvalue weighted by atomic mass is 9.95. The van der Waals surface area contributed by atoms with Crippen molar-refractivity contribution >= 4 is 23.0 Å². The molecule has 1 aliphatic heterocycles. The van der Waals surface area contributed by atoms with Crippen molar-refractivity contribution in [3.05, 3.63) is 93.3 Å². The first-order valence-electron chi connectivity index (χ1n) is 8.49. The zero-order valence-corrected chi connectivity index (χ0v) is 15.4. The number of thiophene rings is 1. The molecule has 1 aromatic carbocycles. The maximum Gasteiger partial charge on any atom is 0.290 e. The number of amides is 1. The van der Waals surface area contributed by atoms with Crippen LogP contribution in [0.1, 0.15) is 32.8 Å². The minimum Gasteiger partial charge on any atom is -0.503 e. The van der Waals surface area contributed by atoms with Crippen LogP contribution in [0, 0.1) is 6.92 Å². The van der Waals surface area contributed by atoms with Crippen LogP contribution in [0.15, 0.2) is 75.7 Å². The van der Waals surface area contributed by atoms with Crippen LogP contribution in [0.3, 0.4) is 0 Å². The quantitative estimate of drug-likeness (QED) is 0.666. The van der Waals surface area contributed by atoms with Crippen molar-refractivity contribution in [2.75, 3.05) is 0 Å². The number of aryl methyl sites for hydroxylation is 1.